The lowest BCUT2D eigenvalue weighted by molar-refractivity contribution is 0.0718. The molecule has 0 radical (unpaired) electrons. The Hall–Kier alpha value is -1.21. The highest BCUT2D eigenvalue weighted by Gasteiger charge is 2.20. The van der Waals surface area contributed by atoms with E-state index in [9.17, 15) is 13.6 Å². The molecule has 2 amide bonds. The Labute approximate surface area is 124 Å². The minimum atomic E-state index is -0.757. The Morgan fingerprint density at radius 2 is 2.10 bits per heavy atom. The lowest BCUT2D eigenvalue weighted by atomic mass is 10.3. The summed E-state index contributed by atoms with van der Waals surface area (Å²) in [4.78, 5) is 13.7. The molecule has 1 aromatic rings. The van der Waals surface area contributed by atoms with Gasteiger partial charge in [-0.25, -0.2) is 13.6 Å². The van der Waals surface area contributed by atoms with E-state index in [1.165, 1.54) is 0 Å². The summed E-state index contributed by atoms with van der Waals surface area (Å²) in [6, 6.07) is 1.76. The summed E-state index contributed by atoms with van der Waals surface area (Å²) < 4.78 is 32.0. The first-order valence-corrected chi connectivity index (χ1v) is 7.08. The van der Waals surface area contributed by atoms with Gasteiger partial charge in [-0.15, -0.1) is 0 Å². The van der Waals surface area contributed by atoms with Gasteiger partial charge in [0.1, 0.15) is 11.6 Å². The molecule has 0 aromatic heterocycles. The molecule has 1 saturated heterocycles. The molecule has 0 bridgehead atoms. The number of nitrogens with one attached hydrogen (secondary N) is 1. The van der Waals surface area contributed by atoms with Gasteiger partial charge in [0, 0.05) is 25.4 Å². The van der Waals surface area contributed by atoms with Crippen LogP contribution in [0.5, 0.6) is 0 Å². The molecular weight excluding hydrogens is 334 g/mol. The Morgan fingerprint density at radius 3 is 2.75 bits per heavy atom. The molecule has 4 nitrogen and oxygen atoms in total. The van der Waals surface area contributed by atoms with Gasteiger partial charge in [-0.05, 0) is 41.4 Å². The summed E-state index contributed by atoms with van der Waals surface area (Å²) in [5, 5.41) is 2.50. The Balaban J connectivity index is 2.07. The fraction of sp³-hybridized carbons (Fsp3) is 0.462. The SMILES string of the molecule is CC1CN(C(=O)Nc2cc(F)c(Br)c(F)c2)CCCO1. The summed E-state index contributed by atoms with van der Waals surface area (Å²) in [7, 11) is 0. The number of rotatable bonds is 1. The van der Waals surface area contributed by atoms with Crippen LogP contribution < -0.4 is 5.32 Å². The van der Waals surface area contributed by atoms with Crippen molar-refractivity contribution in [2.45, 2.75) is 19.4 Å². The first-order chi connectivity index (χ1) is 9.47. The molecule has 1 heterocycles. The fourth-order valence-corrected chi connectivity index (χ4v) is 2.24. The van der Waals surface area contributed by atoms with Crippen molar-refractivity contribution in [3.63, 3.8) is 0 Å². The van der Waals surface area contributed by atoms with Gasteiger partial charge in [0.2, 0.25) is 0 Å². The number of hydrogen-bond donors (Lipinski definition) is 1. The summed E-state index contributed by atoms with van der Waals surface area (Å²) in [5.41, 5.74) is 0.0889. The van der Waals surface area contributed by atoms with Crippen molar-refractivity contribution >= 4 is 27.6 Å². The van der Waals surface area contributed by atoms with Gasteiger partial charge in [-0.3, -0.25) is 0 Å². The van der Waals surface area contributed by atoms with Crippen molar-refractivity contribution in [2.75, 3.05) is 25.0 Å². The maximum Gasteiger partial charge on any atom is 0.321 e. The van der Waals surface area contributed by atoms with E-state index < -0.39 is 11.6 Å². The van der Waals surface area contributed by atoms with Gasteiger partial charge in [0.05, 0.1) is 10.6 Å². The fourth-order valence-electron chi connectivity index (χ4n) is 2.01. The van der Waals surface area contributed by atoms with E-state index in [4.69, 9.17) is 4.74 Å². The summed E-state index contributed by atoms with van der Waals surface area (Å²) in [5.74, 6) is -1.51. The van der Waals surface area contributed by atoms with Crippen LogP contribution in [0, 0.1) is 11.6 Å². The van der Waals surface area contributed by atoms with Gasteiger partial charge in [0.15, 0.2) is 0 Å². The average molecular weight is 349 g/mol. The van der Waals surface area contributed by atoms with Crippen molar-refractivity contribution in [3.8, 4) is 0 Å². The smallest absolute Gasteiger partial charge is 0.321 e. The zero-order valence-corrected chi connectivity index (χ0v) is 12.5. The van der Waals surface area contributed by atoms with Crippen LogP contribution in [0.4, 0.5) is 19.3 Å². The number of nitrogens with zero attached hydrogens (tertiary/aromatic N) is 1. The van der Waals surface area contributed by atoms with E-state index in [0.717, 1.165) is 18.6 Å². The number of anilines is 1. The summed E-state index contributed by atoms with van der Waals surface area (Å²) in [6.07, 6.45) is 0.683. The minimum absolute atomic E-state index is 0.0540. The lowest BCUT2D eigenvalue weighted by Crippen LogP contribution is -2.38. The molecular formula is C13H15BrF2N2O2. The Morgan fingerprint density at radius 1 is 1.45 bits per heavy atom. The van der Waals surface area contributed by atoms with Crippen LogP contribution in [0.3, 0.4) is 0 Å². The second-order valence-electron chi connectivity index (χ2n) is 4.67. The maximum atomic E-state index is 13.4. The highest BCUT2D eigenvalue weighted by molar-refractivity contribution is 9.10. The molecule has 0 spiro atoms. The van der Waals surface area contributed by atoms with Crippen molar-refractivity contribution in [1.29, 1.82) is 0 Å². The predicted octanol–water partition coefficient (Wildman–Crippen LogP) is 3.37. The minimum Gasteiger partial charge on any atom is -0.377 e. The first-order valence-electron chi connectivity index (χ1n) is 6.29. The zero-order chi connectivity index (χ0) is 14.7. The van der Waals surface area contributed by atoms with Gasteiger partial charge in [-0.1, -0.05) is 0 Å². The number of amides is 2. The van der Waals surface area contributed by atoms with Gasteiger partial charge in [0.25, 0.3) is 0 Å². The van der Waals surface area contributed by atoms with E-state index >= 15 is 0 Å². The number of ether oxygens (including phenoxy) is 1. The molecule has 1 fully saturated rings. The molecule has 1 aliphatic rings. The van der Waals surface area contributed by atoms with E-state index in [2.05, 4.69) is 21.2 Å². The highest BCUT2D eigenvalue weighted by atomic mass is 79.9. The van der Waals surface area contributed by atoms with E-state index in [1.807, 2.05) is 6.92 Å². The Kier molecular flexibility index (Phi) is 4.93. The average Bonchev–Trinajstić information content (AvgIpc) is 2.60. The normalized spacial score (nSPS) is 19.6. The summed E-state index contributed by atoms with van der Waals surface area (Å²) in [6.45, 7) is 3.49. The maximum absolute atomic E-state index is 13.4. The molecule has 1 unspecified atom stereocenters. The molecule has 2 rings (SSSR count). The molecule has 1 aromatic carbocycles. The second kappa shape index (κ2) is 6.49. The van der Waals surface area contributed by atoms with Crippen LogP contribution in [0.1, 0.15) is 13.3 Å². The van der Waals surface area contributed by atoms with Crippen LogP contribution in [-0.4, -0.2) is 36.7 Å². The third kappa shape index (κ3) is 3.67. The molecule has 110 valence electrons. The van der Waals surface area contributed by atoms with E-state index in [0.29, 0.717) is 19.7 Å². The number of benzene rings is 1. The monoisotopic (exact) mass is 348 g/mol. The van der Waals surface area contributed by atoms with Crippen LogP contribution in [0.25, 0.3) is 0 Å². The van der Waals surface area contributed by atoms with E-state index in [1.54, 1.807) is 4.90 Å². The van der Waals surface area contributed by atoms with Crippen molar-refractivity contribution in [2.24, 2.45) is 0 Å². The number of hydrogen-bond acceptors (Lipinski definition) is 2. The predicted molar refractivity (Wildman–Crippen MR) is 74.7 cm³/mol. The largest absolute Gasteiger partial charge is 0.377 e. The molecule has 1 N–H and O–H groups in total. The quantitative estimate of drug-likeness (QED) is 0.790. The first kappa shape index (κ1) is 15.2. The number of carbonyl (C=O) groups excluding carboxylic acids is 1. The molecule has 1 atom stereocenters. The zero-order valence-electron chi connectivity index (χ0n) is 11.0. The lowest BCUT2D eigenvalue weighted by Gasteiger charge is -2.22. The number of carbonyl (C=O) groups is 1. The van der Waals surface area contributed by atoms with Crippen LogP contribution >= 0.6 is 15.9 Å². The van der Waals surface area contributed by atoms with Crippen LogP contribution in [0.2, 0.25) is 0 Å². The summed E-state index contributed by atoms with van der Waals surface area (Å²) >= 11 is 2.78. The van der Waals surface area contributed by atoms with Crippen LogP contribution in [-0.2, 0) is 4.74 Å². The standard InChI is InChI=1S/C13H15BrF2N2O2/c1-8-7-18(3-2-4-20-8)13(19)17-9-5-10(15)12(14)11(16)6-9/h5-6,8H,2-4,7H2,1H3,(H,17,19). The number of urea groups is 1. The van der Waals surface area contributed by atoms with Crippen LogP contribution in [0.15, 0.2) is 16.6 Å². The van der Waals surface area contributed by atoms with E-state index in [-0.39, 0.29) is 22.3 Å². The van der Waals surface area contributed by atoms with Crippen molar-refractivity contribution in [3.05, 3.63) is 28.2 Å². The molecule has 7 heteroatoms. The topological polar surface area (TPSA) is 41.6 Å². The third-order valence-electron chi connectivity index (χ3n) is 2.97. The van der Waals surface area contributed by atoms with Gasteiger partial charge in [-0.2, -0.15) is 0 Å². The highest BCUT2D eigenvalue weighted by Crippen LogP contribution is 2.24. The van der Waals surface area contributed by atoms with Gasteiger partial charge < -0.3 is 15.0 Å². The molecule has 0 aliphatic carbocycles. The molecule has 0 saturated carbocycles. The third-order valence-corrected chi connectivity index (χ3v) is 3.73. The van der Waals surface area contributed by atoms with Crippen molar-refractivity contribution in [1.82, 2.24) is 4.90 Å². The number of halogens is 3. The Bertz CT molecular complexity index is 490. The second-order valence-corrected chi connectivity index (χ2v) is 5.46. The molecule has 1 aliphatic heterocycles. The molecule has 20 heavy (non-hydrogen) atoms. The van der Waals surface area contributed by atoms with Crippen molar-refractivity contribution < 1.29 is 18.3 Å². The van der Waals surface area contributed by atoms with Gasteiger partial charge >= 0.3 is 6.03 Å².